The molecule has 6 nitrogen and oxygen atoms in total. The third-order valence-corrected chi connectivity index (χ3v) is 6.14. The van der Waals surface area contributed by atoms with Gasteiger partial charge in [0.2, 0.25) is 15.9 Å². The predicted molar refractivity (Wildman–Crippen MR) is 113 cm³/mol. The summed E-state index contributed by atoms with van der Waals surface area (Å²) in [6, 6.07) is 14.9. The smallest absolute Gasteiger partial charge is 0.235 e. The quantitative estimate of drug-likeness (QED) is 0.785. The molecular formula is C22H28N2O4S. The molecule has 1 aliphatic rings. The second kappa shape index (κ2) is 8.16. The number of hydrogen-bond acceptors (Lipinski definition) is 4. The maximum absolute atomic E-state index is 12.8. The summed E-state index contributed by atoms with van der Waals surface area (Å²) in [7, 11) is -3.54. The van der Waals surface area contributed by atoms with Crippen molar-refractivity contribution in [2.45, 2.75) is 45.4 Å². The van der Waals surface area contributed by atoms with E-state index < -0.39 is 15.6 Å². The Labute approximate surface area is 172 Å². The maximum Gasteiger partial charge on any atom is 0.235 e. The normalized spacial score (nSPS) is 18.0. The summed E-state index contributed by atoms with van der Waals surface area (Å²) < 4.78 is 31.7. The number of nitrogens with one attached hydrogen (secondary N) is 1. The minimum atomic E-state index is -3.54. The average molecular weight is 417 g/mol. The molecule has 1 atom stereocenters. The number of fused-ring (bicyclic) bond motifs is 1. The number of rotatable bonds is 6. The minimum absolute atomic E-state index is 0.155. The summed E-state index contributed by atoms with van der Waals surface area (Å²) in [6.45, 7) is 5.87. The molecule has 3 rings (SSSR count). The van der Waals surface area contributed by atoms with Gasteiger partial charge in [0, 0.05) is 18.5 Å². The Hall–Kier alpha value is -2.38. The number of carbonyl (C=O) groups excluding carboxylic acids is 1. The second-order valence-electron chi connectivity index (χ2n) is 8.24. The zero-order chi connectivity index (χ0) is 21.2. The zero-order valence-electron chi connectivity index (χ0n) is 17.3. The number of benzene rings is 2. The number of aryl methyl sites for hydroxylation is 1. The summed E-state index contributed by atoms with van der Waals surface area (Å²) in [6.07, 6.45) is 1.73. The molecule has 1 aliphatic heterocycles. The standard InChI is InChI=1S/C22H28N2O4S/c1-16-10-11-20-18(12-16)19(13-22(2,3)28-20)23-21(25)15-24(29(4,26)27)14-17-8-6-5-7-9-17/h5-12,19H,13-15H2,1-4H3,(H,23,25)/t19-/m0/s1. The van der Waals surface area contributed by atoms with Crippen molar-refractivity contribution in [3.8, 4) is 5.75 Å². The Kier molecular flexibility index (Phi) is 6.00. The van der Waals surface area contributed by atoms with Crippen molar-refractivity contribution in [3.05, 3.63) is 65.2 Å². The number of hydrogen-bond donors (Lipinski definition) is 1. The van der Waals surface area contributed by atoms with Crippen LogP contribution in [0.3, 0.4) is 0 Å². The first-order chi connectivity index (χ1) is 13.5. The summed E-state index contributed by atoms with van der Waals surface area (Å²) in [5, 5.41) is 3.02. The van der Waals surface area contributed by atoms with Gasteiger partial charge in [0.25, 0.3) is 0 Å². The molecule has 1 amide bonds. The molecular weight excluding hydrogens is 388 g/mol. The van der Waals surface area contributed by atoms with Crippen LogP contribution in [0.5, 0.6) is 5.75 Å². The van der Waals surface area contributed by atoms with E-state index in [9.17, 15) is 13.2 Å². The van der Waals surface area contributed by atoms with E-state index in [2.05, 4.69) is 5.32 Å². The number of nitrogens with zero attached hydrogens (tertiary/aromatic N) is 1. The molecule has 1 N–H and O–H groups in total. The van der Waals surface area contributed by atoms with Crippen LogP contribution in [0.2, 0.25) is 0 Å². The van der Waals surface area contributed by atoms with Crippen LogP contribution in [0.4, 0.5) is 0 Å². The van der Waals surface area contributed by atoms with Crippen LogP contribution >= 0.6 is 0 Å². The van der Waals surface area contributed by atoms with Gasteiger partial charge < -0.3 is 10.1 Å². The van der Waals surface area contributed by atoms with Crippen LogP contribution in [0, 0.1) is 6.92 Å². The fourth-order valence-corrected chi connectivity index (χ4v) is 4.32. The van der Waals surface area contributed by atoms with E-state index in [-0.39, 0.29) is 25.0 Å². The first-order valence-electron chi connectivity index (χ1n) is 9.61. The highest BCUT2D eigenvalue weighted by atomic mass is 32.2. The fraction of sp³-hybridized carbons (Fsp3) is 0.409. The lowest BCUT2D eigenvalue weighted by atomic mass is 9.89. The topological polar surface area (TPSA) is 75.7 Å². The zero-order valence-corrected chi connectivity index (χ0v) is 18.1. The van der Waals surface area contributed by atoms with E-state index in [1.807, 2.05) is 69.3 Å². The maximum atomic E-state index is 12.8. The molecule has 0 unspecified atom stereocenters. The lowest BCUT2D eigenvalue weighted by Gasteiger charge is -2.38. The van der Waals surface area contributed by atoms with Crippen molar-refractivity contribution < 1.29 is 17.9 Å². The number of amides is 1. The molecule has 0 bridgehead atoms. The van der Waals surface area contributed by atoms with Crippen LogP contribution in [-0.4, -0.2) is 37.0 Å². The Balaban J connectivity index is 1.77. The van der Waals surface area contributed by atoms with Gasteiger partial charge in [0.05, 0.1) is 18.8 Å². The molecule has 0 aliphatic carbocycles. The van der Waals surface area contributed by atoms with E-state index in [4.69, 9.17) is 4.74 Å². The highest BCUT2D eigenvalue weighted by Gasteiger charge is 2.35. The molecule has 0 saturated heterocycles. The second-order valence-corrected chi connectivity index (χ2v) is 10.2. The Bertz CT molecular complexity index is 987. The SMILES string of the molecule is Cc1ccc2c(c1)[C@@H](NC(=O)CN(Cc1ccccc1)S(C)(=O)=O)CC(C)(C)O2. The molecule has 29 heavy (non-hydrogen) atoms. The van der Waals surface area contributed by atoms with E-state index in [0.29, 0.717) is 6.42 Å². The van der Waals surface area contributed by atoms with Gasteiger partial charge in [-0.25, -0.2) is 8.42 Å². The van der Waals surface area contributed by atoms with Crippen molar-refractivity contribution in [2.75, 3.05) is 12.8 Å². The van der Waals surface area contributed by atoms with Crippen molar-refractivity contribution in [3.63, 3.8) is 0 Å². The van der Waals surface area contributed by atoms with Gasteiger partial charge in [-0.2, -0.15) is 4.31 Å². The first kappa shape index (κ1) is 21.3. The van der Waals surface area contributed by atoms with Crippen molar-refractivity contribution in [1.29, 1.82) is 0 Å². The van der Waals surface area contributed by atoms with Crippen LogP contribution in [-0.2, 0) is 21.4 Å². The molecule has 1 heterocycles. The third-order valence-electron chi connectivity index (χ3n) is 4.95. The van der Waals surface area contributed by atoms with Gasteiger partial charge in [0.1, 0.15) is 11.4 Å². The predicted octanol–water partition coefficient (Wildman–Crippen LogP) is 3.18. The number of sulfonamides is 1. The summed E-state index contributed by atoms with van der Waals surface area (Å²) in [4.78, 5) is 12.8. The van der Waals surface area contributed by atoms with Gasteiger partial charge in [-0.15, -0.1) is 0 Å². The molecule has 0 saturated carbocycles. The van der Waals surface area contributed by atoms with Crippen molar-refractivity contribution in [1.82, 2.24) is 9.62 Å². The molecule has 2 aromatic rings. The fourth-order valence-electron chi connectivity index (χ4n) is 3.58. The molecule has 0 fully saturated rings. The lowest BCUT2D eigenvalue weighted by Crippen LogP contribution is -2.45. The average Bonchev–Trinajstić information content (AvgIpc) is 2.61. The van der Waals surface area contributed by atoms with Gasteiger partial charge >= 0.3 is 0 Å². The first-order valence-corrected chi connectivity index (χ1v) is 11.5. The van der Waals surface area contributed by atoms with Crippen LogP contribution in [0.25, 0.3) is 0 Å². The third kappa shape index (κ3) is 5.58. The largest absolute Gasteiger partial charge is 0.487 e. The molecule has 0 aromatic heterocycles. The lowest BCUT2D eigenvalue weighted by molar-refractivity contribution is -0.122. The Morgan fingerprint density at radius 1 is 1.21 bits per heavy atom. The van der Waals surface area contributed by atoms with Crippen LogP contribution in [0.1, 0.15) is 43.0 Å². The van der Waals surface area contributed by atoms with Crippen molar-refractivity contribution >= 4 is 15.9 Å². The highest BCUT2D eigenvalue weighted by molar-refractivity contribution is 7.88. The molecule has 0 spiro atoms. The van der Waals surface area contributed by atoms with Crippen molar-refractivity contribution in [2.24, 2.45) is 0 Å². The van der Waals surface area contributed by atoms with E-state index >= 15 is 0 Å². The molecule has 7 heteroatoms. The minimum Gasteiger partial charge on any atom is -0.487 e. The molecule has 156 valence electrons. The summed E-state index contributed by atoms with van der Waals surface area (Å²) >= 11 is 0. The summed E-state index contributed by atoms with van der Waals surface area (Å²) in [5.41, 5.74) is 2.40. The van der Waals surface area contributed by atoms with Crippen LogP contribution in [0.15, 0.2) is 48.5 Å². The Morgan fingerprint density at radius 2 is 1.90 bits per heavy atom. The highest BCUT2D eigenvalue weighted by Crippen LogP contribution is 2.39. The van der Waals surface area contributed by atoms with Gasteiger partial charge in [0.15, 0.2) is 0 Å². The Morgan fingerprint density at radius 3 is 2.55 bits per heavy atom. The van der Waals surface area contributed by atoms with Gasteiger partial charge in [-0.1, -0.05) is 48.0 Å². The van der Waals surface area contributed by atoms with Gasteiger partial charge in [-0.3, -0.25) is 4.79 Å². The molecule has 0 radical (unpaired) electrons. The van der Waals surface area contributed by atoms with E-state index in [1.165, 1.54) is 4.31 Å². The number of ether oxygens (including phenoxy) is 1. The number of carbonyl (C=O) groups is 1. The molecule has 2 aromatic carbocycles. The summed E-state index contributed by atoms with van der Waals surface area (Å²) in [5.74, 6) is 0.419. The van der Waals surface area contributed by atoms with E-state index in [0.717, 1.165) is 28.7 Å². The van der Waals surface area contributed by atoms with E-state index in [1.54, 1.807) is 0 Å². The van der Waals surface area contributed by atoms with Gasteiger partial charge in [-0.05, 0) is 32.4 Å². The monoisotopic (exact) mass is 416 g/mol. The van der Waals surface area contributed by atoms with Crippen LogP contribution < -0.4 is 10.1 Å².